The first-order valence-corrected chi connectivity index (χ1v) is 5.21. The molecule has 80 valence electrons. The lowest BCUT2D eigenvalue weighted by Gasteiger charge is -2.30. The van der Waals surface area contributed by atoms with Crippen LogP contribution in [0.4, 0.5) is 0 Å². The summed E-state index contributed by atoms with van der Waals surface area (Å²) in [6.45, 7) is 2.84. The Hall–Kier alpha value is -0.810. The summed E-state index contributed by atoms with van der Waals surface area (Å²) in [6.07, 6.45) is 2.30. The van der Waals surface area contributed by atoms with Crippen LogP contribution in [0.25, 0.3) is 0 Å². The second-order valence-corrected chi connectivity index (χ2v) is 3.86. The van der Waals surface area contributed by atoms with Gasteiger partial charge in [0.15, 0.2) is 6.23 Å². The molecule has 2 aliphatic rings. The van der Waals surface area contributed by atoms with E-state index in [-0.39, 0.29) is 6.23 Å². The van der Waals surface area contributed by atoms with E-state index in [4.69, 9.17) is 10.5 Å². The Morgan fingerprint density at radius 2 is 2.21 bits per heavy atom. The summed E-state index contributed by atoms with van der Waals surface area (Å²) in [5.74, 6) is 1.09. The Balaban J connectivity index is 2.03. The van der Waals surface area contributed by atoms with Gasteiger partial charge in [0.05, 0.1) is 19.1 Å². The second kappa shape index (κ2) is 4.14. The van der Waals surface area contributed by atoms with Crippen molar-refractivity contribution in [3.8, 4) is 0 Å². The van der Waals surface area contributed by atoms with Crippen molar-refractivity contribution in [2.24, 2.45) is 5.73 Å². The molecule has 5 heteroatoms. The molecule has 0 aromatic rings. The molecule has 0 spiro atoms. The van der Waals surface area contributed by atoms with Gasteiger partial charge in [-0.25, -0.2) is 0 Å². The molecule has 2 unspecified atom stereocenters. The fourth-order valence-corrected chi connectivity index (χ4v) is 1.99. The van der Waals surface area contributed by atoms with Crippen molar-refractivity contribution in [3.05, 3.63) is 0 Å². The van der Waals surface area contributed by atoms with Crippen LogP contribution in [0.1, 0.15) is 12.8 Å². The molecule has 0 aromatic carbocycles. The highest BCUT2D eigenvalue weighted by atomic mass is 16.5. The zero-order valence-electron chi connectivity index (χ0n) is 8.62. The first-order valence-electron chi connectivity index (χ1n) is 5.21. The number of guanidine groups is 1. The third-order valence-corrected chi connectivity index (χ3v) is 2.93. The van der Waals surface area contributed by atoms with Crippen molar-refractivity contribution in [2.45, 2.75) is 25.1 Å². The molecule has 14 heavy (non-hydrogen) atoms. The number of methoxy groups -OCH3 is 1. The van der Waals surface area contributed by atoms with Crippen molar-refractivity contribution in [1.29, 1.82) is 0 Å². The van der Waals surface area contributed by atoms with Crippen molar-refractivity contribution >= 4 is 5.96 Å². The van der Waals surface area contributed by atoms with Crippen molar-refractivity contribution in [3.63, 3.8) is 0 Å². The summed E-state index contributed by atoms with van der Waals surface area (Å²) < 4.78 is 7.60. The van der Waals surface area contributed by atoms with Gasteiger partial charge in [0.25, 0.3) is 0 Å². The number of nitrogens with zero attached hydrogens (tertiary/aromatic N) is 1. The number of ether oxygens (including phenoxy) is 1. The van der Waals surface area contributed by atoms with Gasteiger partial charge in [-0.2, -0.15) is 0 Å². The van der Waals surface area contributed by atoms with Crippen LogP contribution < -0.4 is 16.4 Å². The SMILES string of the molecule is COC1CC[N+]2=C(NC(CN)CC2)N1. The van der Waals surface area contributed by atoms with Gasteiger partial charge in [-0.15, -0.1) is 0 Å². The molecule has 0 saturated carbocycles. The Morgan fingerprint density at radius 3 is 2.93 bits per heavy atom. The van der Waals surface area contributed by atoms with E-state index in [1.807, 2.05) is 0 Å². The van der Waals surface area contributed by atoms with Crippen LogP contribution >= 0.6 is 0 Å². The van der Waals surface area contributed by atoms with Crippen molar-refractivity contribution in [2.75, 3.05) is 26.7 Å². The lowest BCUT2D eigenvalue weighted by atomic mass is 10.1. The van der Waals surface area contributed by atoms with Gasteiger partial charge in [0.2, 0.25) is 0 Å². The molecule has 2 rings (SSSR count). The van der Waals surface area contributed by atoms with Gasteiger partial charge in [-0.05, 0) is 0 Å². The van der Waals surface area contributed by atoms with E-state index in [9.17, 15) is 0 Å². The fourth-order valence-electron chi connectivity index (χ4n) is 1.99. The van der Waals surface area contributed by atoms with E-state index in [0.717, 1.165) is 31.9 Å². The highest BCUT2D eigenvalue weighted by Gasteiger charge is 2.30. The first kappa shape index (κ1) is 9.73. The van der Waals surface area contributed by atoms with E-state index >= 15 is 0 Å². The van der Waals surface area contributed by atoms with Crippen LogP contribution in [0.3, 0.4) is 0 Å². The predicted octanol–water partition coefficient (Wildman–Crippen LogP) is -1.36. The maximum atomic E-state index is 5.64. The third-order valence-electron chi connectivity index (χ3n) is 2.93. The van der Waals surface area contributed by atoms with Crippen LogP contribution in [0, 0.1) is 0 Å². The maximum absolute atomic E-state index is 5.64. The van der Waals surface area contributed by atoms with E-state index in [1.54, 1.807) is 7.11 Å². The van der Waals surface area contributed by atoms with Gasteiger partial charge >= 0.3 is 5.96 Å². The minimum Gasteiger partial charge on any atom is -0.349 e. The highest BCUT2D eigenvalue weighted by molar-refractivity contribution is 5.76. The van der Waals surface area contributed by atoms with Gasteiger partial charge in [0.1, 0.15) is 0 Å². The monoisotopic (exact) mass is 199 g/mol. The molecule has 2 aliphatic heterocycles. The van der Waals surface area contributed by atoms with Crippen LogP contribution in [-0.4, -0.2) is 49.5 Å². The molecule has 2 atom stereocenters. The summed E-state index contributed by atoms with van der Waals surface area (Å²) in [4.78, 5) is 0. The number of hydrogen-bond acceptors (Lipinski definition) is 4. The fraction of sp³-hybridized carbons (Fsp3) is 0.889. The Labute approximate surface area is 84.3 Å². The molecule has 4 N–H and O–H groups in total. The summed E-state index contributed by atoms with van der Waals surface area (Å²) in [7, 11) is 1.73. The van der Waals surface area contributed by atoms with Crippen LogP contribution in [0.15, 0.2) is 0 Å². The highest BCUT2D eigenvalue weighted by Crippen LogP contribution is 2.06. The molecule has 5 nitrogen and oxygen atoms in total. The molecule has 0 fully saturated rings. The topological polar surface area (TPSA) is 62.3 Å². The van der Waals surface area contributed by atoms with Crippen molar-refractivity contribution in [1.82, 2.24) is 10.6 Å². The van der Waals surface area contributed by atoms with Gasteiger partial charge in [0, 0.05) is 26.5 Å². The quantitative estimate of drug-likeness (QED) is 0.481. The minimum atomic E-state index is 0.144. The summed E-state index contributed by atoms with van der Waals surface area (Å²) in [5, 5.41) is 6.72. The molecular weight excluding hydrogens is 180 g/mol. The standard InChI is InChI=1S/C9H18N4O/c1-14-8-3-5-13-4-2-7(6-10)11-9(13)12-8/h7-8H,2-6,10H2,1H3,(H,11,12)/p+1. The Bertz CT molecular complexity index is 219. The maximum Gasteiger partial charge on any atom is 0.348 e. The largest absolute Gasteiger partial charge is 0.349 e. The van der Waals surface area contributed by atoms with E-state index < -0.39 is 0 Å². The lowest BCUT2D eigenvalue weighted by molar-refractivity contribution is -0.544. The average Bonchev–Trinajstić information content (AvgIpc) is 2.27. The zero-order chi connectivity index (χ0) is 9.97. The number of rotatable bonds is 2. The molecular formula is C9H19N4O+. The predicted molar refractivity (Wildman–Crippen MR) is 54.1 cm³/mol. The molecule has 0 aliphatic carbocycles. The second-order valence-electron chi connectivity index (χ2n) is 3.86. The molecule has 0 saturated heterocycles. The summed E-state index contributed by atoms with van der Waals surface area (Å²) in [5.41, 5.74) is 5.64. The number of nitrogens with one attached hydrogen (secondary N) is 2. The van der Waals surface area contributed by atoms with Crippen LogP contribution in [0.5, 0.6) is 0 Å². The van der Waals surface area contributed by atoms with E-state index in [2.05, 4.69) is 15.2 Å². The smallest absolute Gasteiger partial charge is 0.348 e. The first-order chi connectivity index (χ1) is 6.83. The van der Waals surface area contributed by atoms with Crippen LogP contribution in [0.2, 0.25) is 0 Å². The van der Waals surface area contributed by atoms with E-state index in [0.29, 0.717) is 12.6 Å². The Kier molecular flexibility index (Phi) is 2.88. The van der Waals surface area contributed by atoms with Gasteiger partial charge in [-0.3, -0.25) is 15.2 Å². The van der Waals surface area contributed by atoms with Gasteiger partial charge < -0.3 is 10.5 Å². The molecule has 0 aromatic heterocycles. The molecule has 2 heterocycles. The lowest BCUT2D eigenvalue weighted by Crippen LogP contribution is -2.61. The Morgan fingerprint density at radius 1 is 1.43 bits per heavy atom. The average molecular weight is 199 g/mol. The minimum absolute atomic E-state index is 0.144. The van der Waals surface area contributed by atoms with E-state index in [1.165, 1.54) is 0 Å². The number of nitrogens with two attached hydrogens (primary N) is 1. The van der Waals surface area contributed by atoms with Crippen molar-refractivity contribution < 1.29 is 9.31 Å². The third kappa shape index (κ3) is 1.83. The number of hydrogen-bond donors (Lipinski definition) is 3. The zero-order valence-corrected chi connectivity index (χ0v) is 8.62. The summed E-state index contributed by atoms with van der Waals surface area (Å²) in [6, 6.07) is 0.407. The van der Waals surface area contributed by atoms with Gasteiger partial charge in [-0.1, -0.05) is 0 Å². The summed E-state index contributed by atoms with van der Waals surface area (Å²) >= 11 is 0. The van der Waals surface area contributed by atoms with Crippen LogP contribution in [-0.2, 0) is 4.74 Å². The molecule has 0 bridgehead atoms. The molecule has 0 radical (unpaired) electrons. The normalized spacial score (nSPS) is 31.9. The molecule has 0 amide bonds.